The fourth-order valence-corrected chi connectivity index (χ4v) is 2.20. The molecule has 0 amide bonds. The topological polar surface area (TPSA) is 59.1 Å². The van der Waals surface area contributed by atoms with Crippen LogP contribution < -0.4 is 5.73 Å². The zero-order chi connectivity index (χ0) is 11.1. The van der Waals surface area contributed by atoms with Gasteiger partial charge in [0.05, 0.1) is 0 Å². The number of aromatic nitrogens is 1. The fourth-order valence-electron chi connectivity index (χ4n) is 2.20. The van der Waals surface area contributed by atoms with Crippen LogP contribution >= 0.6 is 0 Å². The minimum atomic E-state index is 0.0762. The van der Waals surface area contributed by atoms with Gasteiger partial charge in [-0.1, -0.05) is 6.07 Å². The van der Waals surface area contributed by atoms with Crippen LogP contribution in [0, 0.1) is 5.92 Å². The molecule has 0 spiro atoms. The molecule has 3 N–H and O–H groups in total. The van der Waals surface area contributed by atoms with Gasteiger partial charge >= 0.3 is 0 Å². The number of phenolic OH excluding ortho intramolecular Hbond substituents is 1. The third kappa shape index (κ3) is 1.44. The van der Waals surface area contributed by atoms with Crippen LogP contribution in [0.3, 0.4) is 0 Å². The van der Waals surface area contributed by atoms with Crippen molar-refractivity contribution in [1.29, 1.82) is 0 Å². The molecule has 1 atom stereocenters. The second-order valence-electron chi connectivity index (χ2n) is 4.46. The summed E-state index contributed by atoms with van der Waals surface area (Å²) in [6, 6.07) is 5.54. The number of rotatable bonds is 2. The fraction of sp³-hybridized carbons (Fsp3) is 0.308. The monoisotopic (exact) mass is 214 g/mol. The van der Waals surface area contributed by atoms with E-state index in [2.05, 4.69) is 4.98 Å². The minimum Gasteiger partial charge on any atom is -0.507 e. The highest BCUT2D eigenvalue weighted by atomic mass is 16.3. The molecule has 1 aromatic carbocycles. The van der Waals surface area contributed by atoms with Gasteiger partial charge in [0, 0.05) is 29.2 Å². The van der Waals surface area contributed by atoms with Gasteiger partial charge in [-0.2, -0.15) is 0 Å². The van der Waals surface area contributed by atoms with Crippen LogP contribution in [0.15, 0.2) is 30.6 Å². The lowest BCUT2D eigenvalue weighted by atomic mass is 9.97. The zero-order valence-electron chi connectivity index (χ0n) is 8.93. The van der Waals surface area contributed by atoms with Gasteiger partial charge in [0.2, 0.25) is 0 Å². The first-order valence-corrected chi connectivity index (χ1v) is 5.58. The maximum atomic E-state index is 9.76. The molecule has 1 aromatic heterocycles. The van der Waals surface area contributed by atoms with Crippen LogP contribution in [0.1, 0.15) is 24.4 Å². The molecule has 3 nitrogen and oxygen atoms in total. The van der Waals surface area contributed by atoms with E-state index in [-0.39, 0.29) is 6.04 Å². The maximum absolute atomic E-state index is 9.76. The molecular formula is C13H14N2O. The van der Waals surface area contributed by atoms with Gasteiger partial charge in [0.1, 0.15) is 5.75 Å². The third-order valence-electron chi connectivity index (χ3n) is 3.32. The number of benzene rings is 1. The summed E-state index contributed by atoms with van der Waals surface area (Å²) in [7, 11) is 0. The molecule has 1 aliphatic carbocycles. The van der Waals surface area contributed by atoms with Crippen LogP contribution in [-0.4, -0.2) is 10.1 Å². The number of aromatic hydroxyl groups is 1. The van der Waals surface area contributed by atoms with E-state index in [4.69, 9.17) is 5.73 Å². The molecule has 82 valence electrons. The normalized spacial score (nSPS) is 17.6. The SMILES string of the molecule is NC(c1ccc(O)c2ccncc12)C1CC1. The van der Waals surface area contributed by atoms with E-state index in [1.54, 1.807) is 18.5 Å². The summed E-state index contributed by atoms with van der Waals surface area (Å²) >= 11 is 0. The summed E-state index contributed by atoms with van der Waals surface area (Å²) in [6.45, 7) is 0. The number of hydrogen-bond acceptors (Lipinski definition) is 3. The van der Waals surface area contributed by atoms with Gasteiger partial charge < -0.3 is 10.8 Å². The molecule has 1 unspecified atom stereocenters. The predicted molar refractivity (Wildman–Crippen MR) is 63.1 cm³/mol. The van der Waals surface area contributed by atoms with Gasteiger partial charge in [-0.25, -0.2) is 0 Å². The molecule has 1 fully saturated rings. The first-order chi connectivity index (χ1) is 7.77. The number of pyridine rings is 1. The first kappa shape index (κ1) is 9.60. The molecule has 1 saturated carbocycles. The van der Waals surface area contributed by atoms with Crippen LogP contribution in [0.2, 0.25) is 0 Å². The Labute approximate surface area is 93.9 Å². The third-order valence-corrected chi connectivity index (χ3v) is 3.32. The van der Waals surface area contributed by atoms with Crippen molar-refractivity contribution in [3.63, 3.8) is 0 Å². The Bertz CT molecular complexity index is 534. The van der Waals surface area contributed by atoms with Crippen molar-refractivity contribution in [3.05, 3.63) is 36.2 Å². The number of nitrogens with two attached hydrogens (primary N) is 1. The molecule has 1 aliphatic rings. The van der Waals surface area contributed by atoms with Crippen molar-refractivity contribution in [1.82, 2.24) is 4.98 Å². The summed E-state index contributed by atoms with van der Waals surface area (Å²) in [5.41, 5.74) is 7.31. The summed E-state index contributed by atoms with van der Waals surface area (Å²) < 4.78 is 0. The Morgan fingerprint density at radius 1 is 1.25 bits per heavy atom. The molecule has 0 aliphatic heterocycles. The Hall–Kier alpha value is -1.61. The highest BCUT2D eigenvalue weighted by Crippen LogP contribution is 2.42. The van der Waals surface area contributed by atoms with Crippen LogP contribution in [0.5, 0.6) is 5.75 Å². The Kier molecular flexibility index (Phi) is 2.07. The van der Waals surface area contributed by atoms with E-state index in [0.717, 1.165) is 16.3 Å². The predicted octanol–water partition coefficient (Wildman–Crippen LogP) is 2.35. The van der Waals surface area contributed by atoms with Gasteiger partial charge in [-0.3, -0.25) is 4.98 Å². The number of hydrogen-bond donors (Lipinski definition) is 2. The number of phenols is 1. The van der Waals surface area contributed by atoms with Crippen molar-refractivity contribution < 1.29 is 5.11 Å². The summed E-state index contributed by atoms with van der Waals surface area (Å²) in [5.74, 6) is 0.900. The maximum Gasteiger partial charge on any atom is 0.123 e. The average Bonchev–Trinajstić information content (AvgIpc) is 3.13. The van der Waals surface area contributed by atoms with Gasteiger partial charge in [-0.15, -0.1) is 0 Å². The van der Waals surface area contributed by atoms with E-state index in [1.807, 2.05) is 12.1 Å². The van der Waals surface area contributed by atoms with E-state index < -0.39 is 0 Å². The van der Waals surface area contributed by atoms with Crippen molar-refractivity contribution in [2.24, 2.45) is 11.7 Å². The Morgan fingerprint density at radius 3 is 2.81 bits per heavy atom. The zero-order valence-corrected chi connectivity index (χ0v) is 8.93. The van der Waals surface area contributed by atoms with Crippen molar-refractivity contribution in [2.45, 2.75) is 18.9 Å². The number of nitrogens with zero attached hydrogens (tertiary/aromatic N) is 1. The Morgan fingerprint density at radius 2 is 2.06 bits per heavy atom. The summed E-state index contributed by atoms with van der Waals surface area (Å²) in [4.78, 5) is 4.11. The van der Waals surface area contributed by atoms with Crippen LogP contribution in [0.25, 0.3) is 10.8 Å². The van der Waals surface area contributed by atoms with Gasteiger partial charge in [0.25, 0.3) is 0 Å². The smallest absolute Gasteiger partial charge is 0.123 e. The molecule has 3 rings (SSSR count). The second-order valence-corrected chi connectivity index (χ2v) is 4.46. The highest BCUT2D eigenvalue weighted by Gasteiger charge is 2.30. The van der Waals surface area contributed by atoms with Crippen molar-refractivity contribution in [2.75, 3.05) is 0 Å². The molecule has 2 aromatic rings. The van der Waals surface area contributed by atoms with E-state index >= 15 is 0 Å². The largest absolute Gasteiger partial charge is 0.507 e. The van der Waals surface area contributed by atoms with E-state index in [9.17, 15) is 5.11 Å². The first-order valence-electron chi connectivity index (χ1n) is 5.58. The lowest BCUT2D eigenvalue weighted by Gasteiger charge is -2.14. The molecule has 16 heavy (non-hydrogen) atoms. The van der Waals surface area contributed by atoms with Gasteiger partial charge in [0.15, 0.2) is 0 Å². The molecule has 0 radical (unpaired) electrons. The van der Waals surface area contributed by atoms with Gasteiger partial charge in [-0.05, 0) is 36.5 Å². The summed E-state index contributed by atoms with van der Waals surface area (Å²) in [5, 5.41) is 11.6. The second kappa shape index (κ2) is 3.46. The van der Waals surface area contributed by atoms with Crippen LogP contribution in [0.4, 0.5) is 0 Å². The molecule has 0 saturated heterocycles. The van der Waals surface area contributed by atoms with E-state index in [1.165, 1.54) is 12.8 Å². The minimum absolute atomic E-state index is 0.0762. The molecule has 3 heteroatoms. The summed E-state index contributed by atoms with van der Waals surface area (Å²) in [6.07, 6.45) is 5.90. The number of fused-ring (bicyclic) bond motifs is 1. The van der Waals surface area contributed by atoms with Crippen molar-refractivity contribution in [3.8, 4) is 5.75 Å². The lowest BCUT2D eigenvalue weighted by molar-refractivity contribution is 0.481. The highest BCUT2D eigenvalue weighted by molar-refractivity contribution is 5.90. The molecule has 0 bridgehead atoms. The molecular weight excluding hydrogens is 200 g/mol. The van der Waals surface area contributed by atoms with E-state index in [0.29, 0.717) is 11.7 Å². The molecule has 1 heterocycles. The average molecular weight is 214 g/mol. The lowest BCUT2D eigenvalue weighted by Crippen LogP contribution is -2.12. The standard InChI is InChI=1S/C13H14N2O/c14-13(8-1-2-8)10-3-4-12(16)9-5-6-15-7-11(9)10/h3-8,13,16H,1-2,14H2. The Balaban J connectivity index is 2.20. The van der Waals surface area contributed by atoms with Crippen LogP contribution in [-0.2, 0) is 0 Å². The van der Waals surface area contributed by atoms with Crippen molar-refractivity contribution >= 4 is 10.8 Å². The quantitative estimate of drug-likeness (QED) is 0.806.